The Kier molecular flexibility index (Phi) is 5.90. The second-order valence-electron chi connectivity index (χ2n) is 6.95. The van der Waals surface area contributed by atoms with Gasteiger partial charge in [-0.3, -0.25) is 4.79 Å². The Balaban J connectivity index is 1.65. The average molecular weight is 396 g/mol. The maximum absolute atomic E-state index is 11.4. The van der Waals surface area contributed by atoms with Crippen LogP contribution < -0.4 is 5.32 Å². The zero-order valence-corrected chi connectivity index (χ0v) is 16.7. The lowest BCUT2D eigenvalue weighted by molar-refractivity contribution is -0.895. The standard InChI is InChI=1S/C19H25Cl2N4O/c1-3-25(12-15-4-5-16(20)10-19(15)21)13-18(11-22-25)23-17-6-8-24(9-7-17)14(2)26/h4-5,10-11,13,17,23H,3,6-9,12H2,1-2H3/q+1. The van der Waals surface area contributed by atoms with Gasteiger partial charge in [0.25, 0.3) is 0 Å². The highest BCUT2D eigenvalue weighted by molar-refractivity contribution is 6.35. The molecule has 7 heteroatoms. The zero-order valence-electron chi connectivity index (χ0n) is 15.2. The molecule has 0 bridgehead atoms. The Morgan fingerprint density at radius 1 is 1.35 bits per heavy atom. The smallest absolute Gasteiger partial charge is 0.219 e. The van der Waals surface area contributed by atoms with E-state index < -0.39 is 0 Å². The van der Waals surface area contributed by atoms with Gasteiger partial charge in [0.1, 0.15) is 31.2 Å². The second kappa shape index (κ2) is 7.99. The number of quaternary nitrogens is 1. The normalized spacial score (nSPS) is 23.2. The summed E-state index contributed by atoms with van der Waals surface area (Å²) in [5.41, 5.74) is 2.07. The van der Waals surface area contributed by atoms with E-state index in [1.54, 1.807) is 13.0 Å². The fourth-order valence-corrected chi connectivity index (χ4v) is 3.94. The molecule has 5 nitrogen and oxygen atoms in total. The molecule has 1 aromatic carbocycles. The maximum atomic E-state index is 11.4. The van der Waals surface area contributed by atoms with Crippen molar-refractivity contribution in [2.24, 2.45) is 5.10 Å². The minimum Gasteiger partial charge on any atom is -0.376 e. The van der Waals surface area contributed by atoms with Crippen LogP contribution in [0.15, 0.2) is 35.2 Å². The third-order valence-corrected chi connectivity index (χ3v) is 5.71. The molecular formula is C19H25Cl2N4O+. The van der Waals surface area contributed by atoms with Crippen molar-refractivity contribution in [3.05, 3.63) is 45.7 Å². The fourth-order valence-electron chi connectivity index (χ4n) is 3.47. The van der Waals surface area contributed by atoms with Crippen LogP contribution in [-0.4, -0.2) is 47.3 Å². The number of halogens is 2. The molecule has 1 aromatic rings. The van der Waals surface area contributed by atoms with Gasteiger partial charge in [0.2, 0.25) is 5.91 Å². The molecule has 140 valence electrons. The van der Waals surface area contributed by atoms with Gasteiger partial charge >= 0.3 is 0 Å². The topological polar surface area (TPSA) is 44.7 Å². The lowest BCUT2D eigenvalue weighted by Crippen LogP contribution is -2.44. The third kappa shape index (κ3) is 4.40. The minimum absolute atomic E-state index is 0.159. The van der Waals surface area contributed by atoms with E-state index >= 15 is 0 Å². The van der Waals surface area contributed by atoms with E-state index in [9.17, 15) is 4.79 Å². The molecule has 0 spiro atoms. The van der Waals surface area contributed by atoms with E-state index in [0.29, 0.717) is 27.2 Å². The molecule has 2 heterocycles. The summed E-state index contributed by atoms with van der Waals surface area (Å²) in [4.78, 5) is 13.4. The summed E-state index contributed by atoms with van der Waals surface area (Å²) < 4.78 is 0.482. The van der Waals surface area contributed by atoms with E-state index in [2.05, 4.69) is 18.4 Å². The zero-order chi connectivity index (χ0) is 18.7. The number of hydrogen-bond acceptors (Lipinski definition) is 3. The minimum atomic E-state index is 0.159. The number of piperidine rings is 1. The van der Waals surface area contributed by atoms with Gasteiger partial charge in [-0.2, -0.15) is 4.59 Å². The number of rotatable bonds is 5. The molecule has 3 rings (SSSR count). The summed E-state index contributed by atoms with van der Waals surface area (Å²) in [6.45, 7) is 6.90. The molecule has 1 N–H and O–H groups in total. The number of hydrogen-bond donors (Lipinski definition) is 1. The SMILES string of the molecule is CC[N+]1(Cc2ccc(Cl)cc2Cl)C=C(NC2CCN(C(C)=O)CC2)C=N1. The number of carbonyl (C=O) groups is 1. The second-order valence-corrected chi connectivity index (χ2v) is 7.79. The number of benzene rings is 1. The number of nitrogens with zero attached hydrogens (tertiary/aromatic N) is 3. The molecular weight excluding hydrogens is 371 g/mol. The Hall–Kier alpha value is -1.56. The van der Waals surface area contributed by atoms with Gasteiger partial charge < -0.3 is 10.2 Å². The molecule has 1 atom stereocenters. The van der Waals surface area contributed by atoms with Gasteiger partial charge in [0.15, 0.2) is 0 Å². The largest absolute Gasteiger partial charge is 0.376 e. The lowest BCUT2D eigenvalue weighted by atomic mass is 10.0. The number of likely N-dealkylation sites (tertiary alicyclic amines) is 1. The van der Waals surface area contributed by atoms with Gasteiger partial charge in [0.05, 0.1) is 5.02 Å². The first kappa shape index (κ1) is 19.2. The molecule has 1 saturated heterocycles. The summed E-state index contributed by atoms with van der Waals surface area (Å²) >= 11 is 12.3. The number of carbonyl (C=O) groups excluding carboxylic acids is 1. The molecule has 26 heavy (non-hydrogen) atoms. The van der Waals surface area contributed by atoms with Crippen LogP contribution in [0.3, 0.4) is 0 Å². The van der Waals surface area contributed by atoms with Gasteiger partial charge in [-0.05, 0) is 31.9 Å². The van der Waals surface area contributed by atoms with E-state index in [-0.39, 0.29) is 5.91 Å². The van der Waals surface area contributed by atoms with Crippen molar-refractivity contribution in [2.75, 3.05) is 19.6 Å². The van der Waals surface area contributed by atoms with Gasteiger partial charge in [-0.15, -0.1) is 0 Å². The summed E-state index contributed by atoms with van der Waals surface area (Å²) in [5.74, 6) is 0.159. The van der Waals surface area contributed by atoms with Crippen molar-refractivity contribution in [2.45, 2.75) is 39.3 Å². The first-order chi connectivity index (χ1) is 12.4. The quantitative estimate of drug-likeness (QED) is 0.771. The van der Waals surface area contributed by atoms with E-state index in [1.165, 1.54) is 0 Å². The van der Waals surface area contributed by atoms with Crippen molar-refractivity contribution in [1.82, 2.24) is 10.2 Å². The number of allylic oxidation sites excluding steroid dienone is 1. The molecule has 2 aliphatic heterocycles. The van der Waals surface area contributed by atoms with Crippen LogP contribution in [0.25, 0.3) is 0 Å². The maximum Gasteiger partial charge on any atom is 0.219 e. The monoisotopic (exact) mass is 395 g/mol. The Bertz CT molecular complexity index is 741. The van der Waals surface area contributed by atoms with Crippen LogP contribution in [-0.2, 0) is 11.3 Å². The predicted octanol–water partition coefficient (Wildman–Crippen LogP) is 3.77. The predicted molar refractivity (Wildman–Crippen MR) is 106 cm³/mol. The van der Waals surface area contributed by atoms with Crippen molar-refractivity contribution >= 4 is 35.3 Å². The van der Waals surface area contributed by atoms with E-state index in [4.69, 9.17) is 28.3 Å². The lowest BCUT2D eigenvalue weighted by Gasteiger charge is -2.32. The molecule has 0 saturated carbocycles. The van der Waals surface area contributed by atoms with Crippen LogP contribution in [0.5, 0.6) is 0 Å². The molecule has 0 aliphatic carbocycles. The van der Waals surface area contributed by atoms with E-state index in [0.717, 1.165) is 43.7 Å². The first-order valence-electron chi connectivity index (χ1n) is 9.02. The van der Waals surface area contributed by atoms with Crippen molar-refractivity contribution in [3.8, 4) is 0 Å². The van der Waals surface area contributed by atoms with Crippen LogP contribution in [0.4, 0.5) is 0 Å². The van der Waals surface area contributed by atoms with Crippen molar-refractivity contribution in [3.63, 3.8) is 0 Å². The molecule has 0 aromatic heterocycles. The molecule has 1 unspecified atom stereocenters. The Morgan fingerprint density at radius 2 is 2.08 bits per heavy atom. The van der Waals surface area contributed by atoms with Crippen molar-refractivity contribution in [1.29, 1.82) is 0 Å². The van der Waals surface area contributed by atoms with Crippen LogP contribution in [0.1, 0.15) is 32.3 Å². The molecule has 2 aliphatic rings. The van der Waals surface area contributed by atoms with Crippen LogP contribution in [0.2, 0.25) is 10.0 Å². The summed E-state index contributed by atoms with van der Waals surface area (Å²) in [6.07, 6.45) is 5.98. The summed E-state index contributed by atoms with van der Waals surface area (Å²) in [6, 6.07) is 5.97. The van der Waals surface area contributed by atoms with Gasteiger partial charge in [-0.25, -0.2) is 0 Å². The van der Waals surface area contributed by atoms with Crippen LogP contribution in [0, 0.1) is 0 Å². The molecule has 1 amide bonds. The highest BCUT2D eigenvalue weighted by Crippen LogP contribution is 2.28. The fraction of sp³-hybridized carbons (Fsp3) is 0.474. The Morgan fingerprint density at radius 3 is 2.69 bits per heavy atom. The summed E-state index contributed by atoms with van der Waals surface area (Å²) in [5, 5.41) is 9.63. The summed E-state index contributed by atoms with van der Waals surface area (Å²) in [7, 11) is 0. The first-order valence-corrected chi connectivity index (χ1v) is 9.77. The van der Waals surface area contributed by atoms with Crippen LogP contribution >= 0.6 is 23.2 Å². The van der Waals surface area contributed by atoms with E-state index in [1.807, 2.05) is 23.2 Å². The number of amides is 1. The van der Waals surface area contributed by atoms with Gasteiger partial charge in [-0.1, -0.05) is 34.4 Å². The average Bonchev–Trinajstić information content (AvgIpc) is 3.01. The molecule has 0 radical (unpaired) electrons. The third-order valence-electron chi connectivity index (χ3n) is 5.12. The Labute approximate surface area is 164 Å². The highest BCUT2D eigenvalue weighted by Gasteiger charge is 2.31. The van der Waals surface area contributed by atoms with Crippen molar-refractivity contribution < 1.29 is 9.39 Å². The van der Waals surface area contributed by atoms with Gasteiger partial charge in [0, 0.05) is 36.6 Å². The molecule has 1 fully saturated rings. The highest BCUT2D eigenvalue weighted by atomic mass is 35.5. The number of nitrogens with one attached hydrogen (secondary N) is 1.